The first-order chi connectivity index (χ1) is 11.9. The fourth-order valence-corrected chi connectivity index (χ4v) is 3.28. The zero-order chi connectivity index (χ0) is 17.6. The van der Waals surface area contributed by atoms with Crippen molar-refractivity contribution < 1.29 is 18.4 Å². The third-order valence-electron chi connectivity index (χ3n) is 4.52. The number of imide groups is 1. The number of carbonyl (C=O) groups is 2. The highest BCUT2D eigenvalue weighted by molar-refractivity contribution is 6.00. The van der Waals surface area contributed by atoms with Crippen molar-refractivity contribution in [1.29, 1.82) is 0 Å². The first-order valence-corrected chi connectivity index (χ1v) is 7.99. The van der Waals surface area contributed by atoms with Gasteiger partial charge in [0, 0.05) is 37.8 Å². The predicted octanol–water partition coefficient (Wildman–Crippen LogP) is 1.25. The fraction of sp³-hybridized carbons (Fsp3) is 0.467. The van der Waals surface area contributed by atoms with Crippen LogP contribution in [-0.2, 0) is 4.79 Å². The van der Waals surface area contributed by atoms with Gasteiger partial charge in [0.1, 0.15) is 0 Å². The van der Waals surface area contributed by atoms with Crippen molar-refractivity contribution in [3.8, 4) is 0 Å². The maximum Gasteiger partial charge on any atom is 0.321 e. The third-order valence-corrected chi connectivity index (χ3v) is 4.52. The van der Waals surface area contributed by atoms with E-state index in [1.54, 1.807) is 18.5 Å². The minimum Gasteiger partial charge on any atom is -0.379 e. The summed E-state index contributed by atoms with van der Waals surface area (Å²) in [6.45, 7) is 0.124. The number of carbonyl (C=O) groups excluding carboxylic acids is 2. The second-order valence-corrected chi connectivity index (χ2v) is 6.37. The third kappa shape index (κ3) is 2.99. The standard InChI is InChI=1S/C15H16F2N6O2/c16-15(17)2-1-8(6-15)20-11-5-10(22-23-4-3-18-12(11)23)9-7-19-14(25)21-13(9)24/h3-5,8-9,20H,1-2,6-7H2,(H2,19,21,24,25). The number of rotatable bonds is 3. The number of hydrogen-bond acceptors (Lipinski definition) is 5. The van der Waals surface area contributed by atoms with Gasteiger partial charge in [0.2, 0.25) is 11.8 Å². The molecule has 1 aliphatic carbocycles. The molecule has 132 valence electrons. The highest BCUT2D eigenvalue weighted by Crippen LogP contribution is 2.36. The Balaban J connectivity index is 1.66. The fourth-order valence-electron chi connectivity index (χ4n) is 3.28. The van der Waals surface area contributed by atoms with Gasteiger partial charge < -0.3 is 10.6 Å². The number of aromatic nitrogens is 3. The molecule has 25 heavy (non-hydrogen) atoms. The van der Waals surface area contributed by atoms with Gasteiger partial charge in [-0.2, -0.15) is 5.10 Å². The number of imidazole rings is 1. The molecule has 2 aromatic rings. The summed E-state index contributed by atoms with van der Waals surface area (Å²) in [7, 11) is 0. The maximum absolute atomic E-state index is 13.4. The Morgan fingerprint density at radius 3 is 2.92 bits per heavy atom. The first kappa shape index (κ1) is 15.7. The monoisotopic (exact) mass is 350 g/mol. The number of nitrogens with one attached hydrogen (secondary N) is 3. The summed E-state index contributed by atoms with van der Waals surface area (Å²) in [6.07, 6.45) is 3.13. The highest BCUT2D eigenvalue weighted by atomic mass is 19.3. The number of urea groups is 1. The van der Waals surface area contributed by atoms with Crippen molar-refractivity contribution in [2.75, 3.05) is 11.9 Å². The number of nitrogens with zero attached hydrogens (tertiary/aromatic N) is 3. The average molecular weight is 350 g/mol. The summed E-state index contributed by atoms with van der Waals surface area (Å²) in [6, 6.07) is 0.725. The summed E-state index contributed by atoms with van der Waals surface area (Å²) >= 11 is 0. The molecule has 2 unspecified atom stereocenters. The van der Waals surface area contributed by atoms with E-state index in [9.17, 15) is 18.4 Å². The van der Waals surface area contributed by atoms with E-state index in [2.05, 4.69) is 26.0 Å². The van der Waals surface area contributed by atoms with E-state index in [1.165, 1.54) is 4.52 Å². The second kappa shape index (κ2) is 5.64. The van der Waals surface area contributed by atoms with Crippen LogP contribution in [-0.4, -0.2) is 45.0 Å². The largest absolute Gasteiger partial charge is 0.379 e. The predicted molar refractivity (Wildman–Crippen MR) is 83.5 cm³/mol. The van der Waals surface area contributed by atoms with E-state index >= 15 is 0 Å². The lowest BCUT2D eigenvalue weighted by molar-refractivity contribution is -0.122. The number of halogens is 2. The van der Waals surface area contributed by atoms with Crippen LogP contribution in [0.5, 0.6) is 0 Å². The molecular formula is C15H16F2N6O2. The Hall–Kier alpha value is -2.78. The number of hydrogen-bond donors (Lipinski definition) is 3. The molecule has 4 rings (SSSR count). The van der Waals surface area contributed by atoms with Gasteiger partial charge in [-0.3, -0.25) is 10.1 Å². The number of fused-ring (bicyclic) bond motifs is 1. The van der Waals surface area contributed by atoms with Gasteiger partial charge in [-0.05, 0) is 12.5 Å². The van der Waals surface area contributed by atoms with Gasteiger partial charge in [-0.15, -0.1) is 0 Å². The Bertz CT molecular complexity index is 852. The number of alkyl halides is 2. The highest BCUT2D eigenvalue weighted by Gasteiger charge is 2.39. The Labute approximate surface area is 141 Å². The lowest BCUT2D eigenvalue weighted by Crippen LogP contribution is -2.51. The molecule has 1 saturated heterocycles. The molecule has 0 spiro atoms. The van der Waals surface area contributed by atoms with E-state index in [-0.39, 0.29) is 25.4 Å². The molecule has 3 amide bonds. The summed E-state index contributed by atoms with van der Waals surface area (Å²) in [5.41, 5.74) is 1.47. The molecule has 1 saturated carbocycles. The Morgan fingerprint density at radius 2 is 2.20 bits per heavy atom. The van der Waals surface area contributed by atoms with E-state index in [0.29, 0.717) is 23.4 Å². The summed E-state index contributed by atoms with van der Waals surface area (Å²) in [5.74, 6) is -3.77. The summed E-state index contributed by atoms with van der Waals surface area (Å²) in [4.78, 5) is 27.5. The zero-order valence-electron chi connectivity index (χ0n) is 13.1. The molecule has 2 aromatic heterocycles. The van der Waals surface area contributed by atoms with Crippen LogP contribution < -0.4 is 16.0 Å². The molecule has 0 aromatic carbocycles. The van der Waals surface area contributed by atoms with Crippen LogP contribution in [0.15, 0.2) is 18.5 Å². The Kier molecular flexibility index (Phi) is 3.55. The van der Waals surface area contributed by atoms with Crippen LogP contribution in [0.4, 0.5) is 19.3 Å². The SMILES string of the molecule is O=C1NCC(c2cc(NC3CCC(F)(F)C3)c3nccn3n2)C(=O)N1. The van der Waals surface area contributed by atoms with Crippen molar-refractivity contribution in [2.24, 2.45) is 0 Å². The molecule has 1 aliphatic heterocycles. The molecular weight excluding hydrogens is 334 g/mol. The molecule has 3 heterocycles. The molecule has 3 N–H and O–H groups in total. The topological polar surface area (TPSA) is 100 Å². The normalized spacial score (nSPS) is 25.7. The average Bonchev–Trinajstić information content (AvgIpc) is 3.13. The quantitative estimate of drug-likeness (QED) is 0.774. The van der Waals surface area contributed by atoms with Crippen molar-refractivity contribution in [3.63, 3.8) is 0 Å². The lowest BCUT2D eigenvalue weighted by Gasteiger charge is -2.22. The minimum atomic E-state index is -2.66. The minimum absolute atomic E-state index is 0.124. The van der Waals surface area contributed by atoms with E-state index < -0.39 is 23.8 Å². The van der Waals surface area contributed by atoms with Gasteiger partial charge in [0.15, 0.2) is 5.65 Å². The van der Waals surface area contributed by atoms with Crippen LogP contribution in [0.2, 0.25) is 0 Å². The maximum atomic E-state index is 13.4. The van der Waals surface area contributed by atoms with Gasteiger partial charge in [-0.25, -0.2) is 23.1 Å². The smallest absolute Gasteiger partial charge is 0.321 e. The van der Waals surface area contributed by atoms with Crippen LogP contribution in [0.3, 0.4) is 0 Å². The molecule has 8 nitrogen and oxygen atoms in total. The van der Waals surface area contributed by atoms with Gasteiger partial charge >= 0.3 is 6.03 Å². The van der Waals surface area contributed by atoms with Crippen LogP contribution in [0.25, 0.3) is 5.65 Å². The van der Waals surface area contributed by atoms with Crippen LogP contribution >= 0.6 is 0 Å². The Morgan fingerprint density at radius 1 is 1.36 bits per heavy atom. The molecule has 2 fully saturated rings. The molecule has 0 bridgehead atoms. The van der Waals surface area contributed by atoms with Crippen LogP contribution in [0.1, 0.15) is 30.9 Å². The van der Waals surface area contributed by atoms with E-state index in [1.807, 2.05) is 0 Å². The summed E-state index contributed by atoms with van der Waals surface area (Å²) in [5, 5.41) is 12.2. The van der Waals surface area contributed by atoms with Crippen molar-refractivity contribution >= 4 is 23.3 Å². The molecule has 2 atom stereocenters. The van der Waals surface area contributed by atoms with Crippen molar-refractivity contribution in [2.45, 2.75) is 37.1 Å². The first-order valence-electron chi connectivity index (χ1n) is 7.99. The lowest BCUT2D eigenvalue weighted by atomic mass is 10.0. The van der Waals surface area contributed by atoms with E-state index in [0.717, 1.165) is 0 Å². The van der Waals surface area contributed by atoms with Crippen molar-refractivity contribution in [3.05, 3.63) is 24.2 Å². The second-order valence-electron chi connectivity index (χ2n) is 6.37. The van der Waals surface area contributed by atoms with Gasteiger partial charge in [0.05, 0.1) is 17.3 Å². The number of amides is 3. The van der Waals surface area contributed by atoms with E-state index in [4.69, 9.17) is 0 Å². The van der Waals surface area contributed by atoms with Gasteiger partial charge in [-0.1, -0.05) is 0 Å². The summed E-state index contributed by atoms with van der Waals surface area (Å²) < 4.78 is 28.4. The van der Waals surface area contributed by atoms with Crippen LogP contribution in [0, 0.1) is 0 Å². The number of anilines is 1. The van der Waals surface area contributed by atoms with Gasteiger partial charge in [0.25, 0.3) is 0 Å². The molecule has 10 heteroatoms. The van der Waals surface area contributed by atoms with Crippen molar-refractivity contribution in [1.82, 2.24) is 25.2 Å². The zero-order valence-corrected chi connectivity index (χ0v) is 13.1. The molecule has 2 aliphatic rings. The molecule has 0 radical (unpaired) electrons.